The summed E-state index contributed by atoms with van der Waals surface area (Å²) in [6.45, 7) is 4.90. The average Bonchev–Trinajstić information content (AvgIpc) is 2.49. The van der Waals surface area contributed by atoms with Crippen molar-refractivity contribution in [3.63, 3.8) is 0 Å². The van der Waals surface area contributed by atoms with E-state index in [2.05, 4.69) is 19.2 Å². The number of amides is 1. The summed E-state index contributed by atoms with van der Waals surface area (Å²) < 4.78 is 18.5. The number of rotatable bonds is 6. The van der Waals surface area contributed by atoms with Crippen LogP contribution in [0.2, 0.25) is 0 Å². The van der Waals surface area contributed by atoms with Gasteiger partial charge in [-0.25, -0.2) is 4.39 Å². The van der Waals surface area contributed by atoms with Gasteiger partial charge in [-0.05, 0) is 54.8 Å². The number of carbonyl (C=O) groups excluding carboxylic acids is 1. The molecule has 0 aliphatic rings. The smallest absolute Gasteiger partial charge is 0.255 e. The minimum absolute atomic E-state index is 0.249. The van der Waals surface area contributed by atoms with Gasteiger partial charge in [-0.3, -0.25) is 4.79 Å². The lowest BCUT2D eigenvalue weighted by Gasteiger charge is -2.10. The first-order valence-corrected chi connectivity index (χ1v) is 7.34. The Kier molecular flexibility index (Phi) is 5.53. The highest BCUT2D eigenvalue weighted by Crippen LogP contribution is 2.16. The second kappa shape index (κ2) is 7.59. The van der Waals surface area contributed by atoms with E-state index in [1.54, 1.807) is 18.2 Å². The van der Waals surface area contributed by atoms with Gasteiger partial charge in [-0.1, -0.05) is 19.9 Å². The molecule has 22 heavy (non-hydrogen) atoms. The monoisotopic (exact) mass is 301 g/mol. The fourth-order valence-electron chi connectivity index (χ4n) is 1.88. The van der Waals surface area contributed by atoms with E-state index in [0.717, 1.165) is 6.42 Å². The molecule has 2 aromatic rings. The van der Waals surface area contributed by atoms with E-state index in [4.69, 9.17) is 4.74 Å². The van der Waals surface area contributed by atoms with Crippen molar-refractivity contribution in [2.45, 2.75) is 20.3 Å². The van der Waals surface area contributed by atoms with E-state index in [0.29, 0.717) is 29.5 Å². The average molecular weight is 301 g/mol. The first-order valence-electron chi connectivity index (χ1n) is 7.34. The van der Waals surface area contributed by atoms with Gasteiger partial charge in [-0.15, -0.1) is 0 Å². The second-order valence-electron chi connectivity index (χ2n) is 5.52. The van der Waals surface area contributed by atoms with Crippen molar-refractivity contribution in [1.29, 1.82) is 0 Å². The molecule has 0 saturated heterocycles. The molecular formula is C18H20FNO2. The molecule has 0 unspecified atom stereocenters. The molecule has 0 bridgehead atoms. The second-order valence-corrected chi connectivity index (χ2v) is 5.52. The lowest BCUT2D eigenvalue weighted by atomic mass is 10.1. The number of ether oxygens (including phenoxy) is 1. The zero-order chi connectivity index (χ0) is 15.9. The minimum atomic E-state index is -0.335. The van der Waals surface area contributed by atoms with Crippen LogP contribution in [-0.2, 0) is 0 Å². The van der Waals surface area contributed by atoms with Crippen molar-refractivity contribution in [3.05, 3.63) is 59.9 Å². The summed E-state index contributed by atoms with van der Waals surface area (Å²) >= 11 is 0. The van der Waals surface area contributed by atoms with Crippen LogP contribution in [0.3, 0.4) is 0 Å². The van der Waals surface area contributed by atoms with Gasteiger partial charge in [0.15, 0.2) is 0 Å². The molecule has 1 amide bonds. The van der Waals surface area contributed by atoms with Gasteiger partial charge in [0, 0.05) is 11.3 Å². The Balaban J connectivity index is 1.99. The van der Waals surface area contributed by atoms with Crippen LogP contribution >= 0.6 is 0 Å². The number of halogens is 1. The van der Waals surface area contributed by atoms with E-state index in [1.807, 2.05) is 6.07 Å². The minimum Gasteiger partial charge on any atom is -0.494 e. The lowest BCUT2D eigenvalue weighted by molar-refractivity contribution is 0.102. The highest BCUT2D eigenvalue weighted by atomic mass is 19.1. The Bertz CT molecular complexity index is 623. The van der Waals surface area contributed by atoms with E-state index < -0.39 is 0 Å². The van der Waals surface area contributed by atoms with Gasteiger partial charge < -0.3 is 10.1 Å². The van der Waals surface area contributed by atoms with Crippen molar-refractivity contribution in [3.8, 4) is 5.75 Å². The first kappa shape index (κ1) is 16.0. The molecular weight excluding hydrogens is 281 g/mol. The Labute approximate surface area is 130 Å². The number of anilines is 1. The Morgan fingerprint density at radius 2 is 1.91 bits per heavy atom. The van der Waals surface area contributed by atoms with Gasteiger partial charge in [0.2, 0.25) is 0 Å². The van der Waals surface area contributed by atoms with Crippen molar-refractivity contribution in [1.82, 2.24) is 0 Å². The number of carbonyl (C=O) groups is 1. The van der Waals surface area contributed by atoms with Gasteiger partial charge in [0.05, 0.1) is 6.61 Å². The van der Waals surface area contributed by atoms with Crippen LogP contribution < -0.4 is 10.1 Å². The van der Waals surface area contributed by atoms with Crippen LogP contribution in [0.5, 0.6) is 5.75 Å². The van der Waals surface area contributed by atoms with Gasteiger partial charge in [0.1, 0.15) is 11.6 Å². The molecule has 0 radical (unpaired) electrons. The van der Waals surface area contributed by atoms with Crippen LogP contribution in [0.1, 0.15) is 30.6 Å². The molecule has 0 aromatic heterocycles. The molecule has 0 spiro atoms. The fourth-order valence-corrected chi connectivity index (χ4v) is 1.88. The third-order valence-corrected chi connectivity index (χ3v) is 3.16. The lowest BCUT2D eigenvalue weighted by Crippen LogP contribution is -2.12. The standard InChI is InChI=1S/C18H20FNO2/c1-13(2)10-11-22-17-5-3-4-14(12-17)18(21)20-16-8-6-15(19)7-9-16/h3-9,12-13H,10-11H2,1-2H3,(H,20,21). The maximum absolute atomic E-state index is 12.8. The molecule has 2 rings (SSSR count). The molecule has 4 heteroatoms. The number of nitrogens with one attached hydrogen (secondary N) is 1. The highest BCUT2D eigenvalue weighted by molar-refractivity contribution is 6.04. The van der Waals surface area contributed by atoms with E-state index in [9.17, 15) is 9.18 Å². The SMILES string of the molecule is CC(C)CCOc1cccc(C(=O)Nc2ccc(F)cc2)c1. The van der Waals surface area contributed by atoms with Gasteiger partial charge >= 0.3 is 0 Å². The molecule has 0 aliphatic heterocycles. The summed E-state index contributed by atoms with van der Waals surface area (Å²) in [5.74, 6) is 0.664. The Morgan fingerprint density at radius 3 is 2.59 bits per heavy atom. The summed E-state index contributed by atoms with van der Waals surface area (Å²) in [5.41, 5.74) is 1.06. The number of hydrogen-bond acceptors (Lipinski definition) is 2. The summed E-state index contributed by atoms with van der Waals surface area (Å²) in [6, 6.07) is 12.7. The molecule has 0 aliphatic carbocycles. The summed E-state index contributed by atoms with van der Waals surface area (Å²) in [5, 5.41) is 2.73. The maximum atomic E-state index is 12.8. The van der Waals surface area contributed by atoms with Crippen LogP contribution in [0, 0.1) is 11.7 Å². The van der Waals surface area contributed by atoms with Crippen molar-refractivity contribution >= 4 is 11.6 Å². The quantitative estimate of drug-likeness (QED) is 0.853. The Morgan fingerprint density at radius 1 is 1.18 bits per heavy atom. The summed E-state index contributed by atoms with van der Waals surface area (Å²) in [7, 11) is 0. The van der Waals surface area contributed by atoms with Crippen LogP contribution in [0.25, 0.3) is 0 Å². The number of benzene rings is 2. The van der Waals surface area contributed by atoms with Gasteiger partial charge in [0.25, 0.3) is 5.91 Å². The molecule has 116 valence electrons. The van der Waals surface area contributed by atoms with E-state index >= 15 is 0 Å². The Hall–Kier alpha value is -2.36. The molecule has 0 fully saturated rings. The molecule has 0 atom stereocenters. The topological polar surface area (TPSA) is 38.3 Å². The zero-order valence-electron chi connectivity index (χ0n) is 12.8. The fraction of sp³-hybridized carbons (Fsp3) is 0.278. The van der Waals surface area contributed by atoms with Crippen molar-refractivity contribution in [2.24, 2.45) is 5.92 Å². The normalized spacial score (nSPS) is 10.5. The molecule has 3 nitrogen and oxygen atoms in total. The van der Waals surface area contributed by atoms with Crippen LogP contribution in [0.4, 0.5) is 10.1 Å². The van der Waals surface area contributed by atoms with Gasteiger partial charge in [-0.2, -0.15) is 0 Å². The molecule has 0 heterocycles. The largest absolute Gasteiger partial charge is 0.494 e. The molecule has 0 saturated carbocycles. The van der Waals surface area contributed by atoms with Crippen LogP contribution in [0.15, 0.2) is 48.5 Å². The molecule has 2 aromatic carbocycles. The summed E-state index contributed by atoms with van der Waals surface area (Å²) in [6.07, 6.45) is 0.964. The van der Waals surface area contributed by atoms with Crippen molar-refractivity contribution in [2.75, 3.05) is 11.9 Å². The predicted molar refractivity (Wildman–Crippen MR) is 85.7 cm³/mol. The van der Waals surface area contributed by atoms with Crippen molar-refractivity contribution < 1.29 is 13.9 Å². The maximum Gasteiger partial charge on any atom is 0.255 e. The van der Waals surface area contributed by atoms with E-state index in [-0.39, 0.29) is 11.7 Å². The first-order chi connectivity index (χ1) is 10.5. The zero-order valence-corrected chi connectivity index (χ0v) is 12.8. The van der Waals surface area contributed by atoms with Crippen LogP contribution in [-0.4, -0.2) is 12.5 Å². The van der Waals surface area contributed by atoms with E-state index in [1.165, 1.54) is 24.3 Å². The predicted octanol–water partition coefficient (Wildman–Crippen LogP) is 4.50. The molecule has 1 N–H and O–H groups in total. The third kappa shape index (κ3) is 4.88. The highest BCUT2D eigenvalue weighted by Gasteiger charge is 2.07. The summed E-state index contributed by atoms with van der Waals surface area (Å²) in [4.78, 5) is 12.2. The third-order valence-electron chi connectivity index (χ3n) is 3.16. The number of hydrogen-bond donors (Lipinski definition) is 1.